The summed E-state index contributed by atoms with van der Waals surface area (Å²) in [5, 5.41) is 4.40. The van der Waals surface area contributed by atoms with E-state index in [9.17, 15) is 0 Å². The zero-order valence-corrected chi connectivity index (χ0v) is 13.7. The van der Waals surface area contributed by atoms with Crippen LogP contribution in [0.3, 0.4) is 0 Å². The van der Waals surface area contributed by atoms with Crippen molar-refractivity contribution in [2.24, 2.45) is 11.8 Å². The summed E-state index contributed by atoms with van der Waals surface area (Å²) >= 11 is 1.77. The average Bonchev–Trinajstić information content (AvgIpc) is 3.06. The first kappa shape index (κ1) is 14.4. The van der Waals surface area contributed by atoms with Crippen molar-refractivity contribution in [1.82, 2.24) is 14.5 Å². The third-order valence-corrected chi connectivity index (χ3v) is 5.26. The van der Waals surface area contributed by atoms with Gasteiger partial charge in [0.25, 0.3) is 0 Å². The molecule has 1 saturated carbocycles. The number of nitrogens with zero attached hydrogens (tertiary/aromatic N) is 3. The van der Waals surface area contributed by atoms with E-state index in [1.807, 2.05) is 6.20 Å². The Labute approximate surface area is 135 Å². The van der Waals surface area contributed by atoms with Crippen molar-refractivity contribution in [1.29, 1.82) is 0 Å². The van der Waals surface area contributed by atoms with Gasteiger partial charge in [-0.25, -0.2) is 4.98 Å². The van der Waals surface area contributed by atoms with Crippen LogP contribution in [0.1, 0.15) is 24.2 Å². The van der Waals surface area contributed by atoms with Gasteiger partial charge in [-0.05, 0) is 41.1 Å². The lowest BCUT2D eigenvalue weighted by Crippen LogP contribution is -2.30. The standard InChI is InChI=1S/C17H23N3OS/c1-2-14(1)11-21-12-16-8-19(7-15-3-6-22-13-15)10-17-18-4-5-20(17)9-16/h3-6,13-14,16H,1-2,7-12H2. The first-order chi connectivity index (χ1) is 10.9. The topological polar surface area (TPSA) is 30.3 Å². The van der Waals surface area contributed by atoms with E-state index in [0.717, 1.165) is 45.3 Å². The van der Waals surface area contributed by atoms with Gasteiger partial charge in [-0.2, -0.15) is 11.3 Å². The maximum Gasteiger partial charge on any atom is 0.122 e. The fourth-order valence-corrected chi connectivity index (χ4v) is 3.84. The summed E-state index contributed by atoms with van der Waals surface area (Å²) in [5.41, 5.74) is 1.41. The third-order valence-electron chi connectivity index (χ3n) is 4.53. The Bertz CT molecular complexity index is 591. The fourth-order valence-electron chi connectivity index (χ4n) is 3.18. The summed E-state index contributed by atoms with van der Waals surface area (Å²) in [6.07, 6.45) is 6.75. The SMILES string of the molecule is c1cn2c(n1)CN(Cc1ccsc1)CC(COCC1CC1)C2. The molecule has 0 radical (unpaired) electrons. The molecule has 3 heterocycles. The van der Waals surface area contributed by atoms with E-state index in [-0.39, 0.29) is 0 Å². The van der Waals surface area contributed by atoms with E-state index < -0.39 is 0 Å². The van der Waals surface area contributed by atoms with Crippen LogP contribution in [-0.4, -0.2) is 34.2 Å². The molecule has 1 atom stereocenters. The highest BCUT2D eigenvalue weighted by Crippen LogP contribution is 2.29. The maximum atomic E-state index is 5.97. The van der Waals surface area contributed by atoms with Crippen LogP contribution in [0.25, 0.3) is 0 Å². The minimum atomic E-state index is 0.549. The molecule has 1 unspecified atom stereocenters. The Morgan fingerprint density at radius 1 is 1.23 bits per heavy atom. The van der Waals surface area contributed by atoms with Gasteiger partial charge in [-0.1, -0.05) is 0 Å². The number of hydrogen-bond donors (Lipinski definition) is 0. The highest BCUT2D eigenvalue weighted by atomic mass is 32.1. The van der Waals surface area contributed by atoms with Gasteiger partial charge in [-0.15, -0.1) is 0 Å². The second-order valence-electron chi connectivity index (χ2n) is 6.64. The van der Waals surface area contributed by atoms with E-state index in [1.165, 1.54) is 24.2 Å². The van der Waals surface area contributed by atoms with E-state index >= 15 is 0 Å². The van der Waals surface area contributed by atoms with Gasteiger partial charge in [0.1, 0.15) is 5.82 Å². The lowest BCUT2D eigenvalue weighted by molar-refractivity contribution is 0.0705. The quantitative estimate of drug-likeness (QED) is 0.820. The molecule has 2 aromatic heterocycles. The third kappa shape index (κ3) is 3.59. The first-order valence-electron chi connectivity index (χ1n) is 8.18. The number of hydrogen-bond acceptors (Lipinski definition) is 4. The smallest absolute Gasteiger partial charge is 0.122 e. The molecule has 1 aliphatic heterocycles. The zero-order chi connectivity index (χ0) is 14.8. The van der Waals surface area contributed by atoms with Gasteiger partial charge in [0, 0.05) is 44.6 Å². The summed E-state index contributed by atoms with van der Waals surface area (Å²) in [7, 11) is 0. The lowest BCUT2D eigenvalue weighted by Gasteiger charge is -2.23. The first-order valence-corrected chi connectivity index (χ1v) is 9.12. The summed E-state index contributed by atoms with van der Waals surface area (Å²) < 4.78 is 8.27. The molecule has 5 heteroatoms. The lowest BCUT2D eigenvalue weighted by atomic mass is 10.1. The molecule has 22 heavy (non-hydrogen) atoms. The van der Waals surface area contributed by atoms with E-state index in [4.69, 9.17) is 4.74 Å². The number of aromatic nitrogens is 2. The molecule has 0 aromatic carbocycles. The molecular weight excluding hydrogens is 294 g/mol. The Morgan fingerprint density at radius 3 is 2.95 bits per heavy atom. The van der Waals surface area contributed by atoms with Gasteiger partial charge in [-0.3, -0.25) is 4.90 Å². The van der Waals surface area contributed by atoms with Crippen molar-refractivity contribution in [2.45, 2.75) is 32.5 Å². The van der Waals surface area contributed by atoms with Crippen LogP contribution in [0.5, 0.6) is 0 Å². The van der Waals surface area contributed by atoms with E-state index in [2.05, 4.69) is 37.5 Å². The number of thiophene rings is 1. The van der Waals surface area contributed by atoms with Crippen LogP contribution in [0, 0.1) is 11.8 Å². The van der Waals surface area contributed by atoms with Gasteiger partial charge in [0.2, 0.25) is 0 Å². The summed E-state index contributed by atoms with van der Waals surface area (Å²) in [6.45, 7) is 5.88. The highest BCUT2D eigenvalue weighted by molar-refractivity contribution is 7.07. The molecule has 0 N–H and O–H groups in total. The van der Waals surface area contributed by atoms with Crippen molar-refractivity contribution < 1.29 is 4.74 Å². The summed E-state index contributed by atoms with van der Waals surface area (Å²) in [4.78, 5) is 7.05. The second kappa shape index (κ2) is 6.52. The van der Waals surface area contributed by atoms with Crippen molar-refractivity contribution in [3.63, 3.8) is 0 Å². The molecule has 1 fully saturated rings. The molecule has 0 saturated heterocycles. The van der Waals surface area contributed by atoms with Crippen LogP contribution >= 0.6 is 11.3 Å². The molecule has 0 amide bonds. The normalized spacial score (nSPS) is 22.5. The molecule has 4 nitrogen and oxygen atoms in total. The van der Waals surface area contributed by atoms with Gasteiger partial charge in [0.05, 0.1) is 13.2 Å². The molecule has 0 spiro atoms. The van der Waals surface area contributed by atoms with Crippen molar-refractivity contribution in [2.75, 3.05) is 19.8 Å². The zero-order valence-electron chi connectivity index (χ0n) is 12.9. The van der Waals surface area contributed by atoms with Gasteiger partial charge >= 0.3 is 0 Å². The number of imidazole rings is 1. The minimum absolute atomic E-state index is 0.549. The van der Waals surface area contributed by atoms with Crippen LogP contribution in [-0.2, 0) is 24.4 Å². The molecule has 118 valence electrons. The van der Waals surface area contributed by atoms with Crippen LogP contribution in [0.2, 0.25) is 0 Å². The predicted molar refractivity (Wildman–Crippen MR) is 87.7 cm³/mol. The Morgan fingerprint density at radius 2 is 2.14 bits per heavy atom. The molecule has 0 bridgehead atoms. The maximum absolute atomic E-state index is 5.97. The monoisotopic (exact) mass is 317 g/mol. The number of ether oxygens (including phenoxy) is 1. The largest absolute Gasteiger partial charge is 0.381 e. The average molecular weight is 317 g/mol. The minimum Gasteiger partial charge on any atom is -0.381 e. The van der Waals surface area contributed by atoms with Gasteiger partial charge < -0.3 is 9.30 Å². The summed E-state index contributed by atoms with van der Waals surface area (Å²) in [5.74, 6) is 2.57. The van der Waals surface area contributed by atoms with Crippen molar-refractivity contribution in [3.05, 3.63) is 40.6 Å². The second-order valence-corrected chi connectivity index (χ2v) is 7.42. The Balaban J connectivity index is 1.42. The Hall–Kier alpha value is -1.17. The molecule has 2 aromatic rings. The van der Waals surface area contributed by atoms with E-state index in [1.54, 1.807) is 11.3 Å². The van der Waals surface area contributed by atoms with E-state index in [0.29, 0.717) is 5.92 Å². The molecule has 1 aliphatic carbocycles. The molecular formula is C17H23N3OS. The number of rotatable bonds is 6. The van der Waals surface area contributed by atoms with Crippen molar-refractivity contribution in [3.8, 4) is 0 Å². The Kier molecular flexibility index (Phi) is 4.28. The van der Waals surface area contributed by atoms with Crippen LogP contribution in [0.4, 0.5) is 0 Å². The predicted octanol–water partition coefficient (Wildman–Crippen LogP) is 3.00. The van der Waals surface area contributed by atoms with Crippen LogP contribution < -0.4 is 0 Å². The van der Waals surface area contributed by atoms with Gasteiger partial charge in [0.15, 0.2) is 0 Å². The number of fused-ring (bicyclic) bond motifs is 1. The summed E-state index contributed by atoms with van der Waals surface area (Å²) in [6, 6.07) is 2.22. The van der Waals surface area contributed by atoms with Crippen molar-refractivity contribution >= 4 is 11.3 Å². The fraction of sp³-hybridized carbons (Fsp3) is 0.588. The molecule has 4 rings (SSSR count). The highest BCUT2D eigenvalue weighted by Gasteiger charge is 2.25. The van der Waals surface area contributed by atoms with Crippen LogP contribution in [0.15, 0.2) is 29.2 Å². The molecule has 2 aliphatic rings.